The second kappa shape index (κ2) is 6.38. The number of carbonyl (C=O) groups excluding carboxylic acids is 2. The standard InChI is InChI=1S/C14H18N2O4/c1-19-12-5-3-2-4-11(12)14(18)16-7-6-10(8-16)20-9-13(15)17/h2-5,10H,6-9H2,1H3,(H2,15,17). The molecular formula is C14H18N2O4. The van der Waals surface area contributed by atoms with E-state index in [1.807, 2.05) is 6.07 Å². The molecule has 1 saturated heterocycles. The van der Waals surface area contributed by atoms with Crippen LogP contribution in [-0.2, 0) is 9.53 Å². The van der Waals surface area contributed by atoms with Crippen LogP contribution < -0.4 is 10.5 Å². The Morgan fingerprint density at radius 2 is 2.15 bits per heavy atom. The average Bonchev–Trinajstić information content (AvgIpc) is 2.93. The molecule has 0 saturated carbocycles. The number of ether oxygens (including phenoxy) is 2. The fraction of sp³-hybridized carbons (Fsp3) is 0.429. The van der Waals surface area contributed by atoms with Crippen LogP contribution >= 0.6 is 0 Å². The first-order valence-electron chi connectivity index (χ1n) is 6.44. The molecule has 0 bridgehead atoms. The van der Waals surface area contributed by atoms with E-state index in [0.717, 1.165) is 0 Å². The van der Waals surface area contributed by atoms with Crippen LogP contribution in [0.1, 0.15) is 16.8 Å². The number of amides is 2. The van der Waals surface area contributed by atoms with Crippen molar-refractivity contribution in [1.82, 2.24) is 4.90 Å². The van der Waals surface area contributed by atoms with Crippen molar-refractivity contribution < 1.29 is 19.1 Å². The van der Waals surface area contributed by atoms with Gasteiger partial charge >= 0.3 is 0 Å². The number of primary amides is 1. The molecule has 0 aromatic heterocycles. The zero-order valence-electron chi connectivity index (χ0n) is 11.4. The lowest BCUT2D eigenvalue weighted by Gasteiger charge is -2.18. The molecular weight excluding hydrogens is 260 g/mol. The van der Waals surface area contributed by atoms with Crippen molar-refractivity contribution in [3.8, 4) is 5.75 Å². The minimum atomic E-state index is -0.500. The average molecular weight is 278 g/mol. The number of likely N-dealkylation sites (tertiary alicyclic amines) is 1. The number of rotatable bonds is 5. The number of hydrogen-bond acceptors (Lipinski definition) is 4. The molecule has 1 heterocycles. The number of para-hydroxylation sites is 1. The van der Waals surface area contributed by atoms with Crippen LogP contribution in [0, 0.1) is 0 Å². The highest BCUT2D eigenvalue weighted by atomic mass is 16.5. The molecule has 0 spiro atoms. The Morgan fingerprint density at radius 1 is 1.40 bits per heavy atom. The number of nitrogens with two attached hydrogens (primary N) is 1. The molecule has 1 aliphatic rings. The second-order valence-corrected chi connectivity index (χ2v) is 4.64. The normalized spacial score (nSPS) is 18.1. The molecule has 1 atom stereocenters. The summed E-state index contributed by atoms with van der Waals surface area (Å²) in [6, 6.07) is 7.11. The van der Waals surface area contributed by atoms with Crippen molar-refractivity contribution in [3.63, 3.8) is 0 Å². The summed E-state index contributed by atoms with van der Waals surface area (Å²) in [5.74, 6) is -0.0360. The van der Waals surface area contributed by atoms with E-state index < -0.39 is 5.91 Å². The van der Waals surface area contributed by atoms with Gasteiger partial charge in [-0.05, 0) is 18.6 Å². The van der Waals surface area contributed by atoms with Gasteiger partial charge in [0.25, 0.3) is 5.91 Å². The SMILES string of the molecule is COc1ccccc1C(=O)N1CCC(OCC(N)=O)C1. The summed E-state index contributed by atoms with van der Waals surface area (Å²) in [7, 11) is 1.54. The van der Waals surface area contributed by atoms with Gasteiger partial charge < -0.3 is 20.1 Å². The maximum Gasteiger partial charge on any atom is 0.257 e. The number of methoxy groups -OCH3 is 1. The van der Waals surface area contributed by atoms with Crippen molar-refractivity contribution in [2.75, 3.05) is 26.8 Å². The van der Waals surface area contributed by atoms with Crippen LogP contribution in [0.2, 0.25) is 0 Å². The van der Waals surface area contributed by atoms with E-state index in [-0.39, 0.29) is 18.6 Å². The van der Waals surface area contributed by atoms with Gasteiger partial charge in [0.15, 0.2) is 0 Å². The van der Waals surface area contributed by atoms with Crippen LogP contribution in [0.25, 0.3) is 0 Å². The predicted molar refractivity (Wildman–Crippen MR) is 72.4 cm³/mol. The molecule has 1 unspecified atom stereocenters. The molecule has 20 heavy (non-hydrogen) atoms. The van der Waals surface area contributed by atoms with Gasteiger partial charge in [-0.25, -0.2) is 0 Å². The summed E-state index contributed by atoms with van der Waals surface area (Å²) < 4.78 is 10.5. The van der Waals surface area contributed by atoms with E-state index in [1.54, 1.807) is 23.1 Å². The van der Waals surface area contributed by atoms with E-state index in [1.165, 1.54) is 7.11 Å². The first kappa shape index (κ1) is 14.3. The third kappa shape index (κ3) is 3.27. The summed E-state index contributed by atoms with van der Waals surface area (Å²) in [5, 5.41) is 0. The molecule has 2 N–H and O–H groups in total. The summed E-state index contributed by atoms with van der Waals surface area (Å²) in [5.41, 5.74) is 5.57. The Hall–Kier alpha value is -2.08. The highest BCUT2D eigenvalue weighted by Crippen LogP contribution is 2.22. The number of carbonyl (C=O) groups is 2. The van der Waals surface area contributed by atoms with Gasteiger partial charge in [-0.2, -0.15) is 0 Å². The van der Waals surface area contributed by atoms with E-state index in [2.05, 4.69) is 0 Å². The summed E-state index contributed by atoms with van der Waals surface area (Å²) in [6.07, 6.45) is 0.565. The monoisotopic (exact) mass is 278 g/mol. The van der Waals surface area contributed by atoms with Gasteiger partial charge in [-0.15, -0.1) is 0 Å². The Labute approximate surface area is 117 Å². The second-order valence-electron chi connectivity index (χ2n) is 4.64. The predicted octanol–water partition coefficient (Wildman–Crippen LogP) is 0.412. The number of hydrogen-bond donors (Lipinski definition) is 1. The van der Waals surface area contributed by atoms with Crippen LogP contribution in [0.4, 0.5) is 0 Å². The van der Waals surface area contributed by atoms with E-state index in [4.69, 9.17) is 15.2 Å². The van der Waals surface area contributed by atoms with Gasteiger partial charge in [0, 0.05) is 13.1 Å². The zero-order chi connectivity index (χ0) is 14.5. The molecule has 0 radical (unpaired) electrons. The van der Waals surface area contributed by atoms with Crippen LogP contribution in [0.5, 0.6) is 5.75 Å². The highest BCUT2D eigenvalue weighted by molar-refractivity contribution is 5.97. The lowest BCUT2D eigenvalue weighted by molar-refractivity contribution is -0.124. The van der Waals surface area contributed by atoms with Crippen LogP contribution in [-0.4, -0.2) is 49.6 Å². The van der Waals surface area contributed by atoms with Crippen LogP contribution in [0.15, 0.2) is 24.3 Å². The Balaban J connectivity index is 1.99. The smallest absolute Gasteiger partial charge is 0.257 e. The molecule has 1 aromatic carbocycles. The molecule has 6 nitrogen and oxygen atoms in total. The molecule has 108 valence electrons. The third-order valence-corrected chi connectivity index (χ3v) is 3.23. The van der Waals surface area contributed by atoms with Gasteiger partial charge in [0.2, 0.25) is 5.91 Å². The Kier molecular flexibility index (Phi) is 4.57. The molecule has 1 fully saturated rings. The quantitative estimate of drug-likeness (QED) is 0.846. The minimum Gasteiger partial charge on any atom is -0.496 e. The fourth-order valence-corrected chi connectivity index (χ4v) is 2.24. The van der Waals surface area contributed by atoms with Gasteiger partial charge in [0.05, 0.1) is 18.8 Å². The summed E-state index contributed by atoms with van der Waals surface area (Å²) >= 11 is 0. The fourth-order valence-electron chi connectivity index (χ4n) is 2.24. The van der Waals surface area contributed by atoms with Crippen molar-refractivity contribution >= 4 is 11.8 Å². The van der Waals surface area contributed by atoms with E-state index >= 15 is 0 Å². The maximum absolute atomic E-state index is 12.4. The number of nitrogens with zero attached hydrogens (tertiary/aromatic N) is 1. The molecule has 1 aliphatic heterocycles. The molecule has 2 rings (SSSR count). The minimum absolute atomic E-state index is 0.0902. The first-order valence-corrected chi connectivity index (χ1v) is 6.44. The van der Waals surface area contributed by atoms with E-state index in [9.17, 15) is 9.59 Å². The maximum atomic E-state index is 12.4. The zero-order valence-corrected chi connectivity index (χ0v) is 11.4. The van der Waals surface area contributed by atoms with Crippen LogP contribution in [0.3, 0.4) is 0 Å². The van der Waals surface area contributed by atoms with Gasteiger partial charge in [-0.1, -0.05) is 12.1 Å². The van der Waals surface area contributed by atoms with Crippen molar-refractivity contribution in [3.05, 3.63) is 29.8 Å². The Bertz CT molecular complexity index is 504. The van der Waals surface area contributed by atoms with Crippen molar-refractivity contribution in [2.24, 2.45) is 5.73 Å². The summed E-state index contributed by atoms with van der Waals surface area (Å²) in [4.78, 5) is 24.8. The molecule has 1 aromatic rings. The largest absolute Gasteiger partial charge is 0.496 e. The molecule has 0 aliphatic carbocycles. The van der Waals surface area contributed by atoms with Gasteiger partial charge in [0.1, 0.15) is 12.4 Å². The molecule has 6 heteroatoms. The number of benzene rings is 1. The first-order chi connectivity index (χ1) is 9.61. The molecule has 2 amide bonds. The Morgan fingerprint density at radius 3 is 2.85 bits per heavy atom. The topological polar surface area (TPSA) is 81.9 Å². The van der Waals surface area contributed by atoms with E-state index in [0.29, 0.717) is 30.8 Å². The van der Waals surface area contributed by atoms with Gasteiger partial charge in [-0.3, -0.25) is 9.59 Å². The summed E-state index contributed by atoms with van der Waals surface area (Å²) in [6.45, 7) is 0.950. The highest BCUT2D eigenvalue weighted by Gasteiger charge is 2.29. The van der Waals surface area contributed by atoms with Crippen molar-refractivity contribution in [1.29, 1.82) is 0 Å². The lowest BCUT2D eigenvalue weighted by Crippen LogP contribution is -2.31. The third-order valence-electron chi connectivity index (χ3n) is 3.23. The lowest BCUT2D eigenvalue weighted by atomic mass is 10.2. The van der Waals surface area contributed by atoms with Crippen molar-refractivity contribution in [2.45, 2.75) is 12.5 Å².